The minimum atomic E-state index is -0.821. The molecule has 13 heavy (non-hydrogen) atoms. The zero-order valence-electron chi connectivity index (χ0n) is 6.99. The number of ether oxygens (including phenoxy) is 1. The van der Waals surface area contributed by atoms with Gasteiger partial charge in [0.15, 0.2) is 0 Å². The summed E-state index contributed by atoms with van der Waals surface area (Å²) in [4.78, 5) is 4.94. The maximum absolute atomic E-state index is 10.2. The van der Waals surface area contributed by atoms with Gasteiger partial charge in [-0.25, -0.2) is 4.98 Å². The summed E-state index contributed by atoms with van der Waals surface area (Å²) in [6, 6.07) is 0. The molecule has 1 fully saturated rings. The molecular formula is C8H10BrNO2S. The second kappa shape index (κ2) is 3.65. The van der Waals surface area contributed by atoms with Crippen LogP contribution < -0.4 is 0 Å². The van der Waals surface area contributed by atoms with Gasteiger partial charge in [0, 0.05) is 6.61 Å². The minimum Gasteiger partial charge on any atom is -0.382 e. The Kier molecular flexibility index (Phi) is 2.69. The SMILES string of the molecule is OC1(c2scnc2Br)CCCOC1. The van der Waals surface area contributed by atoms with Gasteiger partial charge in [-0.15, -0.1) is 11.3 Å². The van der Waals surface area contributed by atoms with Gasteiger partial charge < -0.3 is 9.84 Å². The lowest BCUT2D eigenvalue weighted by Gasteiger charge is -2.30. The first-order chi connectivity index (χ1) is 6.22. The Morgan fingerprint density at radius 3 is 3.08 bits per heavy atom. The van der Waals surface area contributed by atoms with Crippen LogP contribution in [0.5, 0.6) is 0 Å². The Hall–Kier alpha value is 0.0300. The number of hydrogen-bond donors (Lipinski definition) is 1. The van der Waals surface area contributed by atoms with Crippen LogP contribution in [-0.4, -0.2) is 23.3 Å². The molecule has 5 heteroatoms. The fraction of sp³-hybridized carbons (Fsp3) is 0.625. The van der Waals surface area contributed by atoms with Crippen molar-refractivity contribution >= 4 is 27.3 Å². The molecule has 2 rings (SSSR count). The number of nitrogens with zero attached hydrogens (tertiary/aromatic N) is 1. The monoisotopic (exact) mass is 263 g/mol. The molecule has 3 nitrogen and oxygen atoms in total. The summed E-state index contributed by atoms with van der Waals surface area (Å²) in [6.45, 7) is 1.13. The minimum absolute atomic E-state index is 0.383. The molecule has 2 heterocycles. The van der Waals surface area contributed by atoms with E-state index < -0.39 is 5.60 Å². The average molecular weight is 264 g/mol. The maximum atomic E-state index is 10.2. The summed E-state index contributed by atoms with van der Waals surface area (Å²) < 4.78 is 6.01. The van der Waals surface area contributed by atoms with E-state index in [-0.39, 0.29) is 0 Å². The highest BCUT2D eigenvalue weighted by atomic mass is 79.9. The van der Waals surface area contributed by atoms with Gasteiger partial charge in [0.25, 0.3) is 0 Å². The molecule has 1 atom stereocenters. The molecule has 0 amide bonds. The van der Waals surface area contributed by atoms with Crippen molar-refractivity contribution in [2.24, 2.45) is 0 Å². The van der Waals surface area contributed by atoms with E-state index in [9.17, 15) is 5.11 Å². The van der Waals surface area contributed by atoms with Gasteiger partial charge in [0.05, 0.1) is 17.0 Å². The van der Waals surface area contributed by atoms with Crippen LogP contribution >= 0.6 is 27.3 Å². The summed E-state index contributed by atoms with van der Waals surface area (Å²) in [5.41, 5.74) is 0.907. The van der Waals surface area contributed by atoms with Crippen molar-refractivity contribution in [2.45, 2.75) is 18.4 Å². The number of aliphatic hydroxyl groups is 1. The Morgan fingerprint density at radius 2 is 2.54 bits per heavy atom. The quantitative estimate of drug-likeness (QED) is 0.842. The summed E-state index contributed by atoms with van der Waals surface area (Å²) in [5.74, 6) is 0. The van der Waals surface area contributed by atoms with Crippen molar-refractivity contribution in [1.82, 2.24) is 4.98 Å². The lowest BCUT2D eigenvalue weighted by Crippen LogP contribution is -2.35. The molecule has 72 valence electrons. The number of rotatable bonds is 1. The zero-order chi connectivity index (χ0) is 9.31. The normalized spacial score (nSPS) is 29.1. The van der Waals surface area contributed by atoms with E-state index in [0.717, 1.165) is 28.9 Å². The third-order valence-corrected chi connectivity index (χ3v) is 4.05. The topological polar surface area (TPSA) is 42.4 Å². The molecule has 1 aromatic rings. The van der Waals surface area contributed by atoms with Crippen LogP contribution in [0.25, 0.3) is 0 Å². The van der Waals surface area contributed by atoms with Gasteiger partial charge >= 0.3 is 0 Å². The van der Waals surface area contributed by atoms with E-state index in [2.05, 4.69) is 20.9 Å². The van der Waals surface area contributed by atoms with Gasteiger partial charge in [-0.2, -0.15) is 0 Å². The smallest absolute Gasteiger partial charge is 0.125 e. The lowest BCUT2D eigenvalue weighted by atomic mass is 9.96. The maximum Gasteiger partial charge on any atom is 0.125 e. The van der Waals surface area contributed by atoms with E-state index in [0.29, 0.717) is 6.61 Å². The Labute approximate surface area is 88.9 Å². The standard InChI is InChI=1S/C8H10BrNO2S/c9-7-6(13-5-10-7)8(11)2-1-3-12-4-8/h5,11H,1-4H2. The third kappa shape index (κ3) is 1.79. The van der Waals surface area contributed by atoms with Crippen LogP contribution in [0.4, 0.5) is 0 Å². The molecule has 0 saturated carbocycles. The van der Waals surface area contributed by atoms with Crippen molar-refractivity contribution in [2.75, 3.05) is 13.2 Å². The number of thiazole rings is 1. The van der Waals surface area contributed by atoms with Gasteiger partial charge in [-0.05, 0) is 28.8 Å². The molecule has 1 saturated heterocycles. The molecule has 0 spiro atoms. The van der Waals surface area contributed by atoms with Gasteiger partial charge in [0.1, 0.15) is 10.2 Å². The largest absolute Gasteiger partial charge is 0.382 e. The average Bonchev–Trinajstić information content (AvgIpc) is 2.53. The van der Waals surface area contributed by atoms with E-state index in [1.807, 2.05) is 0 Å². The van der Waals surface area contributed by atoms with Gasteiger partial charge in [0.2, 0.25) is 0 Å². The summed E-state index contributed by atoms with van der Waals surface area (Å²) in [5, 5.41) is 10.2. The van der Waals surface area contributed by atoms with E-state index in [1.165, 1.54) is 11.3 Å². The van der Waals surface area contributed by atoms with Crippen LogP contribution in [0.1, 0.15) is 17.7 Å². The molecule has 1 aliphatic heterocycles. The Balaban J connectivity index is 2.27. The van der Waals surface area contributed by atoms with Crippen LogP contribution in [0.3, 0.4) is 0 Å². The van der Waals surface area contributed by atoms with Crippen LogP contribution in [0.2, 0.25) is 0 Å². The molecule has 0 bridgehead atoms. The van der Waals surface area contributed by atoms with Crippen LogP contribution in [0.15, 0.2) is 10.1 Å². The molecule has 1 N–H and O–H groups in total. The third-order valence-electron chi connectivity index (χ3n) is 2.17. The molecule has 1 aromatic heterocycles. The second-order valence-electron chi connectivity index (χ2n) is 3.16. The highest BCUT2D eigenvalue weighted by Crippen LogP contribution is 2.36. The van der Waals surface area contributed by atoms with E-state index >= 15 is 0 Å². The molecule has 1 unspecified atom stereocenters. The van der Waals surface area contributed by atoms with Gasteiger partial charge in [-0.1, -0.05) is 0 Å². The van der Waals surface area contributed by atoms with E-state index in [1.54, 1.807) is 5.51 Å². The first kappa shape index (κ1) is 9.58. The van der Waals surface area contributed by atoms with Crippen molar-refractivity contribution < 1.29 is 9.84 Å². The number of hydrogen-bond acceptors (Lipinski definition) is 4. The van der Waals surface area contributed by atoms with Crippen molar-refractivity contribution in [3.05, 3.63) is 15.0 Å². The number of aromatic nitrogens is 1. The zero-order valence-corrected chi connectivity index (χ0v) is 9.40. The highest BCUT2D eigenvalue weighted by molar-refractivity contribution is 9.10. The fourth-order valence-electron chi connectivity index (χ4n) is 1.49. The molecular weight excluding hydrogens is 254 g/mol. The molecule has 1 aliphatic rings. The lowest BCUT2D eigenvalue weighted by molar-refractivity contribution is -0.0885. The van der Waals surface area contributed by atoms with Crippen LogP contribution in [0, 0.1) is 0 Å². The first-order valence-electron chi connectivity index (χ1n) is 4.12. The summed E-state index contributed by atoms with van der Waals surface area (Å²) in [7, 11) is 0. The summed E-state index contributed by atoms with van der Waals surface area (Å²) >= 11 is 4.79. The Bertz CT molecular complexity index is 296. The molecule has 0 aliphatic carbocycles. The molecule has 0 radical (unpaired) electrons. The second-order valence-corrected chi connectivity index (χ2v) is 4.77. The van der Waals surface area contributed by atoms with Gasteiger partial charge in [-0.3, -0.25) is 0 Å². The van der Waals surface area contributed by atoms with Crippen molar-refractivity contribution in [1.29, 1.82) is 0 Å². The van der Waals surface area contributed by atoms with E-state index in [4.69, 9.17) is 4.74 Å². The highest BCUT2D eigenvalue weighted by Gasteiger charge is 2.35. The van der Waals surface area contributed by atoms with Crippen molar-refractivity contribution in [3.8, 4) is 0 Å². The fourth-order valence-corrected chi connectivity index (χ4v) is 3.17. The predicted octanol–water partition coefficient (Wildman–Crippen LogP) is 1.90. The van der Waals surface area contributed by atoms with Crippen LogP contribution in [-0.2, 0) is 10.3 Å². The van der Waals surface area contributed by atoms with Crippen molar-refractivity contribution in [3.63, 3.8) is 0 Å². The predicted molar refractivity (Wildman–Crippen MR) is 53.8 cm³/mol. The first-order valence-corrected chi connectivity index (χ1v) is 5.79. The summed E-state index contributed by atoms with van der Waals surface area (Å²) in [6.07, 6.45) is 1.66. The number of halogens is 1. The Morgan fingerprint density at radius 1 is 1.69 bits per heavy atom. The molecule has 0 aromatic carbocycles.